The van der Waals surface area contributed by atoms with Gasteiger partial charge in [0.1, 0.15) is 10.7 Å². The summed E-state index contributed by atoms with van der Waals surface area (Å²) in [7, 11) is 0. The number of anilines is 2. The third-order valence-corrected chi connectivity index (χ3v) is 5.34. The molecule has 0 saturated carbocycles. The molecule has 2 rings (SSSR count). The Hall–Kier alpha value is -1.21. The van der Waals surface area contributed by atoms with Crippen LogP contribution in [0.1, 0.15) is 28.9 Å². The molecule has 0 unspecified atom stereocenters. The normalized spacial score (nSPS) is 15.0. The average molecular weight is 326 g/mol. The number of nitrogens with zero attached hydrogens (tertiary/aromatic N) is 2. The number of thioether (sulfide) groups is 1. The van der Waals surface area contributed by atoms with Crippen molar-refractivity contribution in [2.45, 2.75) is 19.3 Å². The molecule has 3 N–H and O–H groups in total. The Balaban J connectivity index is 1.88. The summed E-state index contributed by atoms with van der Waals surface area (Å²) in [6.45, 7) is 6.31. The lowest BCUT2D eigenvalue weighted by Gasteiger charge is -2.25. The van der Waals surface area contributed by atoms with E-state index in [0.29, 0.717) is 17.2 Å². The first-order valence-electron chi connectivity index (χ1n) is 7.20. The lowest BCUT2D eigenvalue weighted by Crippen LogP contribution is -2.29. The number of rotatable bonds is 7. The number of carbonyl (C=O) groups is 1. The van der Waals surface area contributed by atoms with Gasteiger partial charge in [-0.25, -0.2) is 4.98 Å². The van der Waals surface area contributed by atoms with Crippen molar-refractivity contribution < 1.29 is 4.79 Å². The predicted molar refractivity (Wildman–Crippen MR) is 92.4 cm³/mol. The van der Waals surface area contributed by atoms with E-state index in [1.807, 2.05) is 6.08 Å². The van der Waals surface area contributed by atoms with Gasteiger partial charge in [0.2, 0.25) is 0 Å². The molecule has 1 aromatic heterocycles. The number of piperidine rings is 1. The van der Waals surface area contributed by atoms with Crippen LogP contribution in [0.25, 0.3) is 0 Å². The van der Waals surface area contributed by atoms with Crippen molar-refractivity contribution in [1.82, 2.24) is 10.3 Å². The van der Waals surface area contributed by atoms with Gasteiger partial charge in [-0.3, -0.25) is 4.79 Å². The molecule has 5 nitrogen and oxygen atoms in total. The van der Waals surface area contributed by atoms with Crippen molar-refractivity contribution in [2.75, 3.05) is 41.8 Å². The zero-order chi connectivity index (χ0) is 15.1. The number of nitrogens with two attached hydrogens (primary N) is 1. The molecule has 0 aliphatic carbocycles. The van der Waals surface area contributed by atoms with E-state index in [4.69, 9.17) is 5.73 Å². The fraction of sp³-hybridized carbons (Fsp3) is 0.571. The highest BCUT2D eigenvalue weighted by Gasteiger charge is 2.20. The van der Waals surface area contributed by atoms with E-state index >= 15 is 0 Å². The Morgan fingerprint density at radius 2 is 2.24 bits per heavy atom. The molecule has 7 heteroatoms. The Labute approximate surface area is 134 Å². The quantitative estimate of drug-likeness (QED) is 0.594. The maximum Gasteiger partial charge on any atom is 0.265 e. The Bertz CT molecular complexity index is 483. The summed E-state index contributed by atoms with van der Waals surface area (Å²) >= 11 is 3.14. The van der Waals surface area contributed by atoms with Gasteiger partial charge in [0.15, 0.2) is 5.13 Å². The van der Waals surface area contributed by atoms with Crippen molar-refractivity contribution in [2.24, 2.45) is 0 Å². The van der Waals surface area contributed by atoms with Crippen LogP contribution < -0.4 is 16.0 Å². The van der Waals surface area contributed by atoms with E-state index in [-0.39, 0.29) is 5.91 Å². The van der Waals surface area contributed by atoms with Gasteiger partial charge in [-0.2, -0.15) is 11.8 Å². The number of carbonyl (C=O) groups excluding carboxylic acids is 1. The summed E-state index contributed by atoms with van der Waals surface area (Å²) < 4.78 is 0. The van der Waals surface area contributed by atoms with Gasteiger partial charge < -0.3 is 16.0 Å². The van der Waals surface area contributed by atoms with Gasteiger partial charge in [-0.05, 0) is 19.3 Å². The van der Waals surface area contributed by atoms with Gasteiger partial charge in [0, 0.05) is 31.1 Å². The number of hydrogen-bond acceptors (Lipinski definition) is 6. The fourth-order valence-electron chi connectivity index (χ4n) is 2.19. The van der Waals surface area contributed by atoms with Gasteiger partial charge >= 0.3 is 0 Å². The van der Waals surface area contributed by atoms with E-state index in [2.05, 4.69) is 21.8 Å². The van der Waals surface area contributed by atoms with Crippen LogP contribution in [0.2, 0.25) is 0 Å². The summed E-state index contributed by atoms with van der Waals surface area (Å²) in [5, 5.41) is 3.77. The lowest BCUT2D eigenvalue weighted by atomic mass is 10.1. The topological polar surface area (TPSA) is 71.2 Å². The summed E-state index contributed by atoms with van der Waals surface area (Å²) in [5.41, 5.74) is 5.89. The maximum atomic E-state index is 12.1. The first-order valence-corrected chi connectivity index (χ1v) is 9.17. The van der Waals surface area contributed by atoms with Crippen molar-refractivity contribution in [3.63, 3.8) is 0 Å². The highest BCUT2D eigenvalue weighted by atomic mass is 32.2. The highest BCUT2D eigenvalue weighted by Crippen LogP contribution is 2.29. The molecule has 0 atom stereocenters. The van der Waals surface area contributed by atoms with Crippen LogP contribution in [0, 0.1) is 0 Å². The van der Waals surface area contributed by atoms with E-state index in [0.717, 1.165) is 29.7 Å². The number of aromatic nitrogens is 1. The highest BCUT2D eigenvalue weighted by molar-refractivity contribution is 7.99. The first kappa shape index (κ1) is 16.2. The molecular formula is C14H22N4OS2. The SMILES string of the molecule is C=CCSCCNC(=O)c1sc(N2CCCCC2)nc1N. The third kappa shape index (κ3) is 4.64. The number of nitrogen functional groups attached to an aromatic ring is 1. The predicted octanol–water partition coefficient (Wildman–Crippen LogP) is 2.36. The van der Waals surface area contributed by atoms with Crippen molar-refractivity contribution in [3.8, 4) is 0 Å². The molecule has 1 aromatic rings. The Morgan fingerprint density at radius 3 is 2.95 bits per heavy atom. The molecule has 1 aliphatic rings. The zero-order valence-electron chi connectivity index (χ0n) is 12.1. The van der Waals surface area contributed by atoms with Crippen LogP contribution in [0.4, 0.5) is 10.9 Å². The van der Waals surface area contributed by atoms with Crippen LogP contribution in [-0.4, -0.2) is 42.0 Å². The van der Waals surface area contributed by atoms with Gasteiger partial charge in [0.05, 0.1) is 0 Å². The molecule has 1 amide bonds. The second-order valence-electron chi connectivity index (χ2n) is 4.88. The van der Waals surface area contributed by atoms with E-state index in [1.54, 1.807) is 11.8 Å². The molecule has 1 aliphatic heterocycles. The van der Waals surface area contributed by atoms with E-state index < -0.39 is 0 Å². The molecule has 0 spiro atoms. The van der Waals surface area contributed by atoms with Crippen LogP contribution in [-0.2, 0) is 0 Å². The smallest absolute Gasteiger partial charge is 0.265 e. The maximum absolute atomic E-state index is 12.1. The molecule has 1 fully saturated rings. The third-order valence-electron chi connectivity index (χ3n) is 3.24. The average Bonchev–Trinajstić information content (AvgIpc) is 2.90. The van der Waals surface area contributed by atoms with Gasteiger partial charge in [0.25, 0.3) is 5.91 Å². The molecule has 1 saturated heterocycles. The minimum absolute atomic E-state index is 0.118. The largest absolute Gasteiger partial charge is 0.382 e. The first-order chi connectivity index (χ1) is 10.2. The second-order valence-corrected chi connectivity index (χ2v) is 7.01. The number of hydrogen-bond donors (Lipinski definition) is 2. The van der Waals surface area contributed by atoms with Crippen LogP contribution in [0.5, 0.6) is 0 Å². The second kappa shape index (κ2) is 8.29. The number of nitrogens with one attached hydrogen (secondary N) is 1. The van der Waals surface area contributed by atoms with E-state index in [1.165, 1.54) is 30.6 Å². The molecule has 2 heterocycles. The molecule has 0 radical (unpaired) electrons. The van der Waals surface area contributed by atoms with Crippen molar-refractivity contribution in [1.29, 1.82) is 0 Å². The standard InChI is InChI=1S/C14H22N4OS2/c1-2-9-20-10-6-16-13(19)11-12(15)17-14(21-11)18-7-4-3-5-8-18/h2H,1,3-10,15H2,(H,16,19). The molecule has 0 bridgehead atoms. The monoisotopic (exact) mass is 326 g/mol. The van der Waals surface area contributed by atoms with Crippen LogP contribution in [0.3, 0.4) is 0 Å². The zero-order valence-corrected chi connectivity index (χ0v) is 13.8. The molecule has 116 valence electrons. The molecule has 21 heavy (non-hydrogen) atoms. The summed E-state index contributed by atoms with van der Waals surface area (Å²) in [5.74, 6) is 2.00. The summed E-state index contributed by atoms with van der Waals surface area (Å²) in [6.07, 6.45) is 5.49. The van der Waals surface area contributed by atoms with E-state index in [9.17, 15) is 4.79 Å². The van der Waals surface area contributed by atoms with Crippen LogP contribution in [0.15, 0.2) is 12.7 Å². The van der Waals surface area contributed by atoms with Gasteiger partial charge in [-0.15, -0.1) is 6.58 Å². The number of amides is 1. The summed E-state index contributed by atoms with van der Waals surface area (Å²) in [4.78, 5) is 19.2. The van der Waals surface area contributed by atoms with Crippen molar-refractivity contribution >= 4 is 40.0 Å². The minimum atomic E-state index is -0.118. The minimum Gasteiger partial charge on any atom is -0.382 e. The molecular weight excluding hydrogens is 304 g/mol. The van der Waals surface area contributed by atoms with Crippen LogP contribution >= 0.6 is 23.1 Å². The lowest BCUT2D eigenvalue weighted by molar-refractivity contribution is 0.0961. The molecule has 0 aromatic carbocycles. The fourth-order valence-corrected chi connectivity index (χ4v) is 3.72. The summed E-state index contributed by atoms with van der Waals surface area (Å²) in [6, 6.07) is 0. The van der Waals surface area contributed by atoms with Crippen molar-refractivity contribution in [3.05, 3.63) is 17.5 Å². The Morgan fingerprint density at radius 1 is 1.48 bits per heavy atom. The number of thiazole rings is 1. The Kier molecular flexibility index (Phi) is 6.38. The van der Waals surface area contributed by atoms with Gasteiger partial charge in [-0.1, -0.05) is 17.4 Å².